The summed E-state index contributed by atoms with van der Waals surface area (Å²) >= 11 is 1.11. The molecule has 3 rings (SSSR count). The average Bonchev–Trinajstić information content (AvgIpc) is 3.27. The highest BCUT2D eigenvalue weighted by Crippen LogP contribution is 2.31. The third-order valence-corrected chi connectivity index (χ3v) is 4.89. The van der Waals surface area contributed by atoms with E-state index < -0.39 is 11.7 Å². The number of hydrogen-bond acceptors (Lipinski definition) is 4. The molecule has 1 fully saturated rings. The molecule has 0 spiro atoms. The van der Waals surface area contributed by atoms with Crippen LogP contribution in [0.2, 0.25) is 0 Å². The molecule has 1 amide bonds. The number of thiazole rings is 1. The van der Waals surface area contributed by atoms with E-state index in [2.05, 4.69) is 10.6 Å². The molecule has 7 heteroatoms. The molecular weight excluding hydrogens is 317 g/mol. The molecule has 1 aliphatic carbocycles. The molecule has 0 atom stereocenters. The van der Waals surface area contributed by atoms with Gasteiger partial charge < -0.3 is 10.6 Å². The molecule has 0 bridgehead atoms. The first-order valence-electron chi connectivity index (χ1n) is 7.47. The van der Waals surface area contributed by atoms with Gasteiger partial charge in [0.05, 0.1) is 5.69 Å². The standard InChI is InChI=1S/C16H18FN3O2S/c1-9-10(2)23-16(22)20(9)8-14(21)19-15-12(17)4-3-5-13(15)18-11-6-7-11/h3-5,11,18H,6-8H2,1-2H3,(H,19,21). The fraction of sp³-hybridized carbons (Fsp3) is 0.375. The van der Waals surface area contributed by atoms with Gasteiger partial charge in [-0.05, 0) is 38.8 Å². The summed E-state index contributed by atoms with van der Waals surface area (Å²) < 4.78 is 15.5. The molecule has 2 N–H and O–H groups in total. The Labute approximate surface area is 137 Å². The number of para-hydroxylation sites is 1. The Morgan fingerprint density at radius 2 is 2.13 bits per heavy atom. The maximum atomic E-state index is 14.1. The van der Waals surface area contributed by atoms with Crippen molar-refractivity contribution in [1.29, 1.82) is 0 Å². The first-order chi connectivity index (χ1) is 11.0. The lowest BCUT2D eigenvalue weighted by molar-refractivity contribution is -0.116. The number of carbonyl (C=O) groups excluding carboxylic acids is 1. The van der Waals surface area contributed by atoms with Crippen molar-refractivity contribution in [2.45, 2.75) is 39.3 Å². The fourth-order valence-corrected chi connectivity index (χ4v) is 3.14. The lowest BCUT2D eigenvalue weighted by Gasteiger charge is -2.14. The molecule has 0 radical (unpaired) electrons. The third kappa shape index (κ3) is 3.44. The lowest BCUT2D eigenvalue weighted by atomic mass is 10.2. The van der Waals surface area contributed by atoms with Crippen LogP contribution in [0.5, 0.6) is 0 Å². The zero-order valence-electron chi connectivity index (χ0n) is 13.0. The number of carbonyl (C=O) groups is 1. The summed E-state index contributed by atoms with van der Waals surface area (Å²) in [6, 6.07) is 4.99. The molecule has 1 heterocycles. The molecule has 0 aliphatic heterocycles. The first kappa shape index (κ1) is 15.7. The Hall–Kier alpha value is -2.15. The van der Waals surface area contributed by atoms with E-state index in [1.54, 1.807) is 19.1 Å². The van der Waals surface area contributed by atoms with Gasteiger partial charge in [0, 0.05) is 16.6 Å². The zero-order valence-corrected chi connectivity index (χ0v) is 13.8. The minimum Gasteiger partial charge on any atom is -0.381 e. The van der Waals surface area contributed by atoms with Crippen LogP contribution in [0.3, 0.4) is 0 Å². The largest absolute Gasteiger partial charge is 0.381 e. The van der Waals surface area contributed by atoms with E-state index in [1.807, 2.05) is 6.92 Å². The van der Waals surface area contributed by atoms with E-state index in [-0.39, 0.29) is 17.1 Å². The second kappa shape index (κ2) is 6.16. The maximum absolute atomic E-state index is 14.1. The second-order valence-electron chi connectivity index (χ2n) is 5.72. The SMILES string of the molecule is Cc1sc(=O)n(CC(=O)Nc2c(F)cccc2NC2CC2)c1C. The van der Waals surface area contributed by atoms with E-state index in [0.717, 1.165) is 34.7 Å². The summed E-state index contributed by atoms with van der Waals surface area (Å²) in [7, 11) is 0. The van der Waals surface area contributed by atoms with Crippen LogP contribution in [-0.2, 0) is 11.3 Å². The van der Waals surface area contributed by atoms with Crippen molar-refractivity contribution in [2.24, 2.45) is 0 Å². The minimum atomic E-state index is -0.491. The summed E-state index contributed by atoms with van der Waals surface area (Å²) in [4.78, 5) is 24.8. The molecule has 0 saturated heterocycles. The minimum absolute atomic E-state index is 0.119. The molecule has 0 unspecified atom stereocenters. The Balaban J connectivity index is 1.78. The van der Waals surface area contributed by atoms with Crippen LogP contribution < -0.4 is 15.5 Å². The zero-order chi connectivity index (χ0) is 16.6. The number of nitrogens with one attached hydrogen (secondary N) is 2. The number of aromatic nitrogens is 1. The molecule has 23 heavy (non-hydrogen) atoms. The van der Waals surface area contributed by atoms with Crippen LogP contribution in [0.25, 0.3) is 0 Å². The van der Waals surface area contributed by atoms with E-state index in [0.29, 0.717) is 11.7 Å². The average molecular weight is 335 g/mol. The number of nitrogens with zero attached hydrogens (tertiary/aromatic N) is 1. The predicted octanol–water partition coefficient (Wildman–Crippen LogP) is 2.88. The molecule has 1 saturated carbocycles. The maximum Gasteiger partial charge on any atom is 0.308 e. The van der Waals surface area contributed by atoms with Crippen LogP contribution in [0, 0.1) is 19.7 Å². The monoisotopic (exact) mass is 335 g/mol. The lowest BCUT2D eigenvalue weighted by Crippen LogP contribution is -2.26. The summed E-state index contributed by atoms with van der Waals surface area (Å²) in [6.07, 6.45) is 2.10. The fourth-order valence-electron chi connectivity index (χ4n) is 2.31. The normalized spacial score (nSPS) is 13.9. The number of halogens is 1. The highest BCUT2D eigenvalue weighted by atomic mass is 32.1. The Morgan fingerprint density at radius 3 is 2.74 bits per heavy atom. The summed E-state index contributed by atoms with van der Waals surface area (Å²) in [5.41, 5.74) is 1.48. The highest BCUT2D eigenvalue weighted by Gasteiger charge is 2.23. The van der Waals surface area contributed by atoms with Crippen molar-refractivity contribution in [3.8, 4) is 0 Å². The van der Waals surface area contributed by atoms with Crippen LogP contribution in [0.4, 0.5) is 15.8 Å². The van der Waals surface area contributed by atoms with Crippen LogP contribution in [-0.4, -0.2) is 16.5 Å². The molecule has 1 aromatic carbocycles. The topological polar surface area (TPSA) is 63.1 Å². The second-order valence-corrected chi connectivity index (χ2v) is 6.89. The van der Waals surface area contributed by atoms with Gasteiger partial charge in [-0.1, -0.05) is 17.4 Å². The van der Waals surface area contributed by atoms with Gasteiger partial charge in [0.25, 0.3) is 0 Å². The Morgan fingerprint density at radius 1 is 1.39 bits per heavy atom. The van der Waals surface area contributed by atoms with Crippen molar-refractivity contribution in [3.05, 3.63) is 44.3 Å². The van der Waals surface area contributed by atoms with Gasteiger partial charge in [-0.3, -0.25) is 14.2 Å². The van der Waals surface area contributed by atoms with Gasteiger partial charge in [-0.2, -0.15) is 0 Å². The van der Waals surface area contributed by atoms with Crippen LogP contribution in [0.1, 0.15) is 23.4 Å². The van der Waals surface area contributed by atoms with Gasteiger partial charge in [0.15, 0.2) is 0 Å². The molecule has 5 nitrogen and oxygen atoms in total. The summed E-state index contributed by atoms with van der Waals surface area (Å²) in [5, 5.41) is 5.79. The van der Waals surface area contributed by atoms with Crippen LogP contribution in [0.15, 0.2) is 23.0 Å². The molecule has 2 aromatic rings. The predicted molar refractivity (Wildman–Crippen MR) is 89.7 cm³/mol. The Kier molecular flexibility index (Phi) is 4.21. The summed E-state index contributed by atoms with van der Waals surface area (Å²) in [6.45, 7) is 3.51. The van der Waals surface area contributed by atoms with Gasteiger partial charge in [0.2, 0.25) is 5.91 Å². The van der Waals surface area contributed by atoms with Crippen molar-refractivity contribution in [2.75, 3.05) is 10.6 Å². The number of amides is 1. The van der Waals surface area contributed by atoms with E-state index in [4.69, 9.17) is 0 Å². The molecular formula is C16H18FN3O2S. The summed E-state index contributed by atoms with van der Waals surface area (Å²) in [5.74, 6) is -0.911. The van der Waals surface area contributed by atoms with E-state index in [9.17, 15) is 14.0 Å². The molecule has 1 aliphatic rings. The van der Waals surface area contributed by atoms with E-state index >= 15 is 0 Å². The van der Waals surface area contributed by atoms with Crippen molar-refractivity contribution < 1.29 is 9.18 Å². The third-order valence-electron chi connectivity index (χ3n) is 3.89. The highest BCUT2D eigenvalue weighted by molar-refractivity contribution is 7.09. The van der Waals surface area contributed by atoms with Gasteiger partial charge in [0.1, 0.15) is 18.0 Å². The van der Waals surface area contributed by atoms with Crippen molar-refractivity contribution in [3.63, 3.8) is 0 Å². The quantitative estimate of drug-likeness (QED) is 0.883. The number of benzene rings is 1. The van der Waals surface area contributed by atoms with E-state index in [1.165, 1.54) is 10.6 Å². The molecule has 1 aromatic heterocycles. The smallest absolute Gasteiger partial charge is 0.308 e. The number of aryl methyl sites for hydroxylation is 1. The number of hydrogen-bond donors (Lipinski definition) is 2. The first-order valence-corrected chi connectivity index (χ1v) is 8.29. The molecule has 122 valence electrons. The van der Waals surface area contributed by atoms with Crippen molar-refractivity contribution >= 4 is 28.6 Å². The van der Waals surface area contributed by atoms with Gasteiger partial charge in [-0.15, -0.1) is 0 Å². The number of anilines is 2. The number of rotatable bonds is 5. The van der Waals surface area contributed by atoms with Gasteiger partial charge in [-0.25, -0.2) is 4.39 Å². The Bertz CT molecular complexity index is 808. The van der Waals surface area contributed by atoms with Crippen molar-refractivity contribution in [1.82, 2.24) is 4.57 Å². The van der Waals surface area contributed by atoms with Crippen LogP contribution >= 0.6 is 11.3 Å². The van der Waals surface area contributed by atoms with Gasteiger partial charge >= 0.3 is 4.87 Å².